The van der Waals surface area contributed by atoms with Gasteiger partial charge in [-0.2, -0.15) is 5.26 Å². The summed E-state index contributed by atoms with van der Waals surface area (Å²) in [7, 11) is 0. The highest BCUT2D eigenvalue weighted by Crippen LogP contribution is 2.35. The molecule has 1 aliphatic heterocycles. The third-order valence-corrected chi connectivity index (χ3v) is 6.06. The molecule has 0 unspecified atom stereocenters. The number of nitrogens with zero attached hydrogens (tertiary/aromatic N) is 5. The zero-order valence-electron chi connectivity index (χ0n) is 14.9. The molecular formula is C19H23N5OS. The Morgan fingerprint density at radius 3 is 3.12 bits per heavy atom. The minimum absolute atomic E-state index is 0.313. The van der Waals surface area contributed by atoms with Crippen LogP contribution in [0.4, 0.5) is 0 Å². The number of aliphatic hydroxyl groups is 1. The number of hydrogen-bond donors (Lipinski definition) is 1. The average Bonchev–Trinajstić information content (AvgIpc) is 3.34. The van der Waals surface area contributed by atoms with Crippen molar-refractivity contribution in [3.05, 3.63) is 23.5 Å². The van der Waals surface area contributed by atoms with Gasteiger partial charge in [0.05, 0.1) is 28.0 Å². The molecule has 2 atom stereocenters. The average molecular weight is 369 g/mol. The van der Waals surface area contributed by atoms with Crippen LogP contribution >= 0.6 is 11.3 Å². The van der Waals surface area contributed by atoms with Crippen LogP contribution in [0, 0.1) is 11.3 Å². The number of aromatic nitrogens is 3. The molecule has 0 aromatic carbocycles. The van der Waals surface area contributed by atoms with E-state index in [0.29, 0.717) is 12.5 Å². The molecule has 1 N–H and O–H groups in total. The lowest BCUT2D eigenvalue weighted by Gasteiger charge is -2.20. The molecule has 0 aliphatic carbocycles. The molecule has 3 aromatic rings. The maximum absolute atomic E-state index is 10.3. The Morgan fingerprint density at radius 2 is 2.31 bits per heavy atom. The number of rotatable bonds is 6. The van der Waals surface area contributed by atoms with Gasteiger partial charge in [0.1, 0.15) is 17.4 Å². The zero-order valence-corrected chi connectivity index (χ0v) is 15.7. The minimum atomic E-state index is -0.609. The van der Waals surface area contributed by atoms with Crippen LogP contribution in [0.25, 0.3) is 21.3 Å². The number of hydrogen-bond acceptors (Lipinski definition) is 6. The van der Waals surface area contributed by atoms with Crippen molar-refractivity contribution in [2.75, 3.05) is 19.6 Å². The van der Waals surface area contributed by atoms with Crippen molar-refractivity contribution in [2.45, 2.75) is 44.8 Å². The lowest BCUT2D eigenvalue weighted by molar-refractivity contribution is 0.181. The molecule has 7 heteroatoms. The summed E-state index contributed by atoms with van der Waals surface area (Å²) >= 11 is 1.69. The largest absolute Gasteiger partial charge is 0.385 e. The Balaban J connectivity index is 1.66. The highest BCUT2D eigenvalue weighted by Gasteiger charge is 2.29. The minimum Gasteiger partial charge on any atom is -0.385 e. The summed E-state index contributed by atoms with van der Waals surface area (Å²) in [5.41, 5.74) is 2.97. The number of likely N-dealkylation sites (tertiary alicyclic amines) is 1. The Hall–Kier alpha value is -2.01. The first-order valence-corrected chi connectivity index (χ1v) is 10.1. The van der Waals surface area contributed by atoms with Gasteiger partial charge < -0.3 is 14.6 Å². The molecule has 0 spiro atoms. The van der Waals surface area contributed by atoms with Crippen LogP contribution in [0.3, 0.4) is 0 Å². The molecule has 1 aliphatic rings. The Bertz CT molecular complexity index is 954. The summed E-state index contributed by atoms with van der Waals surface area (Å²) in [6.07, 6.45) is 4.93. The maximum Gasteiger partial charge on any atom is 0.138 e. The lowest BCUT2D eigenvalue weighted by Crippen LogP contribution is -2.23. The number of thiophene rings is 1. The molecule has 4 heterocycles. The highest BCUT2D eigenvalue weighted by atomic mass is 32.1. The lowest BCUT2D eigenvalue weighted by atomic mass is 10.2. The smallest absolute Gasteiger partial charge is 0.138 e. The van der Waals surface area contributed by atoms with Crippen molar-refractivity contribution in [2.24, 2.45) is 0 Å². The highest BCUT2D eigenvalue weighted by molar-refractivity contribution is 7.18. The number of fused-ring (bicyclic) bond motifs is 3. The molecule has 3 aromatic heterocycles. The van der Waals surface area contributed by atoms with Gasteiger partial charge in [-0.3, -0.25) is 4.98 Å². The molecule has 0 saturated carbocycles. The fourth-order valence-electron chi connectivity index (χ4n) is 3.93. The number of unbranched alkanes of at least 4 members (excludes halogenated alkanes) is 2. The second kappa shape index (κ2) is 7.31. The van der Waals surface area contributed by atoms with Crippen LogP contribution in [-0.4, -0.2) is 44.2 Å². The predicted molar refractivity (Wildman–Crippen MR) is 103 cm³/mol. The van der Waals surface area contributed by atoms with E-state index in [1.807, 2.05) is 12.3 Å². The van der Waals surface area contributed by atoms with E-state index in [0.717, 1.165) is 66.0 Å². The van der Waals surface area contributed by atoms with E-state index in [4.69, 9.17) is 10.2 Å². The number of nitriles is 1. The standard InChI is InChI=1S/C19H23N5OS/c1-13(25)19-22-16-11-21-15-6-10-26-18(15)17(16)24(19)14-5-9-23(12-14)8-4-2-3-7-20/h6,10-11,13-14,25H,2-5,8-9,12H2,1H3/t13-,14+/m1/s1. The zero-order chi connectivity index (χ0) is 18.1. The number of aliphatic hydroxyl groups excluding tert-OH is 1. The van der Waals surface area contributed by atoms with Gasteiger partial charge in [-0.1, -0.05) is 0 Å². The fourth-order valence-corrected chi connectivity index (χ4v) is 4.81. The summed E-state index contributed by atoms with van der Waals surface area (Å²) in [5.74, 6) is 0.735. The van der Waals surface area contributed by atoms with E-state index in [-0.39, 0.29) is 0 Å². The maximum atomic E-state index is 10.3. The normalized spacial score (nSPS) is 19.3. The van der Waals surface area contributed by atoms with Crippen molar-refractivity contribution in [3.63, 3.8) is 0 Å². The van der Waals surface area contributed by atoms with Crippen molar-refractivity contribution in [3.8, 4) is 6.07 Å². The van der Waals surface area contributed by atoms with Gasteiger partial charge in [-0.05, 0) is 44.2 Å². The first kappa shape index (κ1) is 17.4. The van der Waals surface area contributed by atoms with Gasteiger partial charge in [0, 0.05) is 25.6 Å². The van der Waals surface area contributed by atoms with Crippen molar-refractivity contribution >= 4 is 32.6 Å². The van der Waals surface area contributed by atoms with Crippen LogP contribution in [0.1, 0.15) is 50.6 Å². The van der Waals surface area contributed by atoms with Crippen LogP contribution in [-0.2, 0) is 0 Å². The summed E-state index contributed by atoms with van der Waals surface area (Å²) in [6.45, 7) is 4.83. The molecule has 1 saturated heterocycles. The van der Waals surface area contributed by atoms with E-state index in [9.17, 15) is 5.11 Å². The van der Waals surface area contributed by atoms with E-state index in [1.54, 1.807) is 18.3 Å². The van der Waals surface area contributed by atoms with Gasteiger partial charge in [-0.25, -0.2) is 4.98 Å². The van der Waals surface area contributed by atoms with Gasteiger partial charge in [0.2, 0.25) is 0 Å². The Morgan fingerprint density at radius 1 is 1.42 bits per heavy atom. The summed E-state index contributed by atoms with van der Waals surface area (Å²) in [5, 5.41) is 21.0. The second-order valence-electron chi connectivity index (χ2n) is 7.00. The monoisotopic (exact) mass is 369 g/mol. The molecule has 6 nitrogen and oxygen atoms in total. The van der Waals surface area contributed by atoms with Crippen molar-refractivity contribution < 1.29 is 5.11 Å². The molecule has 1 fully saturated rings. The van der Waals surface area contributed by atoms with Gasteiger partial charge >= 0.3 is 0 Å². The molecule has 0 amide bonds. The Labute approximate surface area is 156 Å². The molecule has 26 heavy (non-hydrogen) atoms. The van der Waals surface area contributed by atoms with Gasteiger partial charge in [-0.15, -0.1) is 11.3 Å². The number of imidazole rings is 1. The summed E-state index contributed by atoms with van der Waals surface area (Å²) in [6, 6.07) is 4.57. The third-order valence-electron chi connectivity index (χ3n) is 5.15. The van der Waals surface area contributed by atoms with Gasteiger partial charge in [0.25, 0.3) is 0 Å². The number of pyridine rings is 1. The Kier molecular flexibility index (Phi) is 4.90. The SMILES string of the molecule is C[C@@H](O)c1nc2cnc3ccsc3c2n1[C@H]1CCN(CCCCC#N)C1. The molecule has 4 rings (SSSR count). The van der Waals surface area contributed by atoms with E-state index in [1.165, 1.54) is 0 Å². The second-order valence-corrected chi connectivity index (χ2v) is 7.92. The van der Waals surface area contributed by atoms with Crippen LogP contribution in [0.2, 0.25) is 0 Å². The van der Waals surface area contributed by atoms with Crippen molar-refractivity contribution in [1.29, 1.82) is 5.26 Å². The van der Waals surface area contributed by atoms with Crippen molar-refractivity contribution in [1.82, 2.24) is 19.4 Å². The first-order valence-electron chi connectivity index (χ1n) is 9.20. The predicted octanol–water partition coefficient (Wildman–Crippen LogP) is 3.64. The van der Waals surface area contributed by atoms with E-state index >= 15 is 0 Å². The van der Waals surface area contributed by atoms with E-state index in [2.05, 4.69) is 25.9 Å². The fraction of sp³-hybridized carbons (Fsp3) is 0.526. The van der Waals surface area contributed by atoms with Crippen LogP contribution in [0.15, 0.2) is 17.6 Å². The first-order chi connectivity index (χ1) is 12.7. The molecule has 0 radical (unpaired) electrons. The topological polar surface area (TPSA) is 78.0 Å². The quantitative estimate of drug-likeness (QED) is 0.671. The third kappa shape index (κ3) is 3.09. The molecule has 0 bridgehead atoms. The van der Waals surface area contributed by atoms with Crippen LogP contribution < -0.4 is 0 Å². The van der Waals surface area contributed by atoms with E-state index < -0.39 is 6.10 Å². The summed E-state index contributed by atoms with van der Waals surface area (Å²) < 4.78 is 3.41. The van der Waals surface area contributed by atoms with Gasteiger partial charge in [0.15, 0.2) is 0 Å². The summed E-state index contributed by atoms with van der Waals surface area (Å²) in [4.78, 5) is 11.7. The van der Waals surface area contributed by atoms with Crippen LogP contribution in [0.5, 0.6) is 0 Å². The molecule has 136 valence electrons. The molecular weight excluding hydrogens is 346 g/mol.